The summed E-state index contributed by atoms with van der Waals surface area (Å²) in [5.74, 6) is -0.433. The number of ether oxygens (including phenoxy) is 1. The molecule has 1 heterocycles. The van der Waals surface area contributed by atoms with E-state index < -0.39 is 11.6 Å². The average molecular weight is 380 g/mol. The second-order valence-electron chi connectivity index (χ2n) is 5.77. The minimum absolute atomic E-state index is 0.162. The Labute approximate surface area is 162 Å². The zero-order valence-corrected chi connectivity index (χ0v) is 15.8. The molecule has 0 bridgehead atoms. The van der Waals surface area contributed by atoms with Crippen LogP contribution >= 0.6 is 0 Å². The van der Waals surface area contributed by atoms with Gasteiger partial charge in [0.2, 0.25) is 11.6 Å². The van der Waals surface area contributed by atoms with Crippen molar-refractivity contribution in [1.82, 2.24) is 10.1 Å². The monoisotopic (exact) mass is 380 g/mol. The van der Waals surface area contributed by atoms with E-state index in [1.807, 2.05) is 6.07 Å². The highest BCUT2D eigenvalue weighted by atomic mass is 16.7. The van der Waals surface area contributed by atoms with Crippen LogP contribution in [0.2, 0.25) is 0 Å². The number of hydrogen-bond acceptors (Lipinski definition) is 7. The summed E-state index contributed by atoms with van der Waals surface area (Å²) in [5, 5.41) is 2.73. The normalized spacial score (nSPS) is 13.0. The summed E-state index contributed by atoms with van der Waals surface area (Å²) in [6.07, 6.45) is 3.18. The molecule has 28 heavy (non-hydrogen) atoms. The van der Waals surface area contributed by atoms with Gasteiger partial charge in [0.15, 0.2) is 5.82 Å². The first-order valence-corrected chi connectivity index (χ1v) is 8.48. The quantitative estimate of drug-likeness (QED) is 0.415. The van der Waals surface area contributed by atoms with E-state index in [-0.39, 0.29) is 11.1 Å². The third-order valence-corrected chi connectivity index (χ3v) is 4.22. The Morgan fingerprint density at radius 3 is 1.82 bits per heavy atom. The first-order valence-electron chi connectivity index (χ1n) is 8.48. The fourth-order valence-corrected chi connectivity index (χ4v) is 2.83. The molecule has 0 unspecified atom stereocenters. The smallest absolute Gasteiger partial charge is 0.237 e. The Morgan fingerprint density at radius 1 is 0.750 bits per heavy atom. The first-order chi connectivity index (χ1) is 13.6. The van der Waals surface area contributed by atoms with Gasteiger partial charge in [-0.05, 0) is 29.8 Å². The van der Waals surface area contributed by atoms with Gasteiger partial charge in [-0.1, -0.05) is 30.3 Å². The van der Waals surface area contributed by atoms with Gasteiger partial charge < -0.3 is 4.74 Å². The van der Waals surface area contributed by atoms with Crippen LogP contribution in [0.3, 0.4) is 0 Å². The van der Waals surface area contributed by atoms with Crippen LogP contribution in [0.5, 0.6) is 5.75 Å². The van der Waals surface area contributed by atoms with E-state index in [4.69, 9.17) is 14.4 Å². The van der Waals surface area contributed by atoms with Gasteiger partial charge in [0.05, 0.1) is 39.3 Å². The number of hydrogen-bond donors (Lipinski definition) is 0. The van der Waals surface area contributed by atoms with Crippen LogP contribution < -0.4 is 4.74 Å². The molecule has 1 aliphatic rings. The zero-order valence-electron chi connectivity index (χ0n) is 15.8. The van der Waals surface area contributed by atoms with Gasteiger partial charge in [0.1, 0.15) is 5.75 Å². The summed E-state index contributed by atoms with van der Waals surface area (Å²) in [6.45, 7) is 0. The number of methoxy groups -OCH3 is 1. The maximum Gasteiger partial charge on any atom is 0.237 e. The van der Waals surface area contributed by atoms with Crippen molar-refractivity contribution in [2.75, 3.05) is 21.3 Å². The molecule has 0 spiro atoms. The molecule has 0 radical (unpaired) electrons. The Bertz CT molecular complexity index is 904. The lowest BCUT2D eigenvalue weighted by molar-refractivity contribution is -0.125. The third-order valence-electron chi connectivity index (χ3n) is 4.22. The van der Waals surface area contributed by atoms with Gasteiger partial charge in [-0.15, -0.1) is 0 Å². The van der Waals surface area contributed by atoms with Crippen LogP contribution in [0.4, 0.5) is 0 Å². The largest absolute Gasteiger partial charge is 0.497 e. The summed E-state index contributed by atoms with van der Waals surface area (Å²) in [4.78, 5) is 36.8. The maximum absolute atomic E-state index is 13.3. The summed E-state index contributed by atoms with van der Waals surface area (Å²) in [7, 11) is 4.45. The molecule has 0 amide bonds. The van der Waals surface area contributed by atoms with Crippen LogP contribution in [0.15, 0.2) is 72.8 Å². The molecule has 0 aromatic heterocycles. The highest BCUT2D eigenvalue weighted by molar-refractivity contribution is 6.58. The van der Waals surface area contributed by atoms with E-state index in [2.05, 4.69) is 0 Å². The number of carbonyl (C=O) groups is 2. The van der Waals surface area contributed by atoms with Crippen LogP contribution in [-0.4, -0.2) is 43.0 Å². The molecule has 1 aliphatic heterocycles. The van der Waals surface area contributed by atoms with Crippen molar-refractivity contribution in [2.45, 2.75) is 0 Å². The summed E-state index contributed by atoms with van der Waals surface area (Å²) in [6, 6.07) is 15.3. The number of carbonyl (C=O) groups excluding carboxylic acids is 2. The molecule has 7 heteroatoms. The van der Waals surface area contributed by atoms with Crippen molar-refractivity contribution < 1.29 is 24.0 Å². The Morgan fingerprint density at radius 2 is 1.32 bits per heavy atom. The topological polar surface area (TPSA) is 68.3 Å². The molecule has 144 valence electrons. The summed E-state index contributed by atoms with van der Waals surface area (Å²) < 4.78 is 5.10. The molecule has 0 fully saturated rings. The molecule has 0 saturated carbocycles. The SMILES string of the molecule is COc1ccc(C(=O)C(=O)C(=C2N(OC)C=CN2OC)c2ccccc2)cc1. The molecule has 7 nitrogen and oxygen atoms in total. The van der Waals surface area contributed by atoms with Gasteiger partial charge >= 0.3 is 0 Å². The predicted octanol–water partition coefficient (Wildman–Crippen LogP) is 3.03. The van der Waals surface area contributed by atoms with Crippen molar-refractivity contribution in [1.29, 1.82) is 0 Å². The molecule has 2 aromatic carbocycles. The molecule has 3 rings (SSSR count). The van der Waals surface area contributed by atoms with Gasteiger partial charge in [-0.3, -0.25) is 19.3 Å². The van der Waals surface area contributed by atoms with Crippen molar-refractivity contribution in [3.8, 4) is 5.75 Å². The summed E-state index contributed by atoms with van der Waals surface area (Å²) in [5.41, 5.74) is 0.992. The Hall–Kier alpha value is -3.42. The molecule has 0 saturated heterocycles. The van der Waals surface area contributed by atoms with E-state index in [1.54, 1.807) is 60.9 Å². The van der Waals surface area contributed by atoms with Crippen molar-refractivity contribution in [2.24, 2.45) is 0 Å². The number of Topliss-reactive ketones (excluding diaryl/α,β-unsaturated/α-hetero) is 2. The number of allylic oxidation sites excluding steroid dienone is 1. The van der Waals surface area contributed by atoms with E-state index in [9.17, 15) is 9.59 Å². The van der Waals surface area contributed by atoms with Gasteiger partial charge in [-0.2, -0.15) is 0 Å². The standard InChI is InChI=1S/C21H20N2O5/c1-26-17-11-9-16(10-12-17)19(24)20(25)18(15-7-5-4-6-8-15)21-22(27-2)13-14-23(21)28-3/h4-14H,1-3H3. The number of rotatable bonds is 7. The number of ketones is 2. The highest BCUT2D eigenvalue weighted by Gasteiger charge is 2.32. The fourth-order valence-electron chi connectivity index (χ4n) is 2.83. The van der Waals surface area contributed by atoms with Gasteiger partial charge in [0, 0.05) is 5.56 Å². The van der Waals surface area contributed by atoms with E-state index in [1.165, 1.54) is 31.5 Å². The number of nitrogens with zero attached hydrogens (tertiary/aromatic N) is 2. The molecule has 0 aliphatic carbocycles. The molecule has 0 atom stereocenters. The fraction of sp³-hybridized carbons (Fsp3) is 0.143. The van der Waals surface area contributed by atoms with Crippen LogP contribution in [-0.2, 0) is 14.5 Å². The Balaban J connectivity index is 2.10. The van der Waals surface area contributed by atoms with Crippen molar-refractivity contribution in [3.05, 3.63) is 83.9 Å². The van der Waals surface area contributed by atoms with Gasteiger partial charge in [-0.25, -0.2) is 10.1 Å². The van der Waals surface area contributed by atoms with Crippen LogP contribution in [0, 0.1) is 0 Å². The molecular formula is C21H20N2O5. The average Bonchev–Trinajstić information content (AvgIpc) is 3.17. The first kappa shape index (κ1) is 19.3. The lowest BCUT2D eigenvalue weighted by Crippen LogP contribution is -2.28. The summed E-state index contributed by atoms with van der Waals surface area (Å²) >= 11 is 0. The second-order valence-corrected chi connectivity index (χ2v) is 5.77. The van der Waals surface area contributed by atoms with Crippen LogP contribution in [0.1, 0.15) is 15.9 Å². The van der Waals surface area contributed by atoms with E-state index in [0.29, 0.717) is 17.1 Å². The molecule has 0 N–H and O–H groups in total. The number of hydroxylamine groups is 4. The molecular weight excluding hydrogens is 360 g/mol. The van der Waals surface area contributed by atoms with Gasteiger partial charge in [0.25, 0.3) is 0 Å². The second kappa shape index (κ2) is 8.51. The minimum Gasteiger partial charge on any atom is -0.497 e. The molecule has 2 aromatic rings. The minimum atomic E-state index is -0.681. The van der Waals surface area contributed by atoms with Crippen molar-refractivity contribution >= 4 is 17.1 Å². The lowest BCUT2D eigenvalue weighted by atomic mass is 9.95. The van der Waals surface area contributed by atoms with E-state index >= 15 is 0 Å². The third kappa shape index (κ3) is 3.66. The van der Waals surface area contributed by atoms with E-state index in [0.717, 1.165) is 0 Å². The zero-order chi connectivity index (χ0) is 20.1. The highest BCUT2D eigenvalue weighted by Crippen LogP contribution is 2.30. The maximum atomic E-state index is 13.3. The van der Waals surface area contributed by atoms with Crippen molar-refractivity contribution in [3.63, 3.8) is 0 Å². The predicted molar refractivity (Wildman–Crippen MR) is 103 cm³/mol. The Kier molecular flexibility index (Phi) is 5.88. The number of benzene rings is 2. The van der Waals surface area contributed by atoms with Crippen LogP contribution in [0.25, 0.3) is 5.57 Å². The lowest BCUT2D eigenvalue weighted by Gasteiger charge is -2.24.